The van der Waals surface area contributed by atoms with Crippen LogP contribution >= 0.6 is 0 Å². The van der Waals surface area contributed by atoms with Crippen molar-refractivity contribution >= 4 is 6.09 Å². The van der Waals surface area contributed by atoms with Gasteiger partial charge in [-0.05, 0) is 71.1 Å². The third kappa shape index (κ3) is 4.63. The van der Waals surface area contributed by atoms with Crippen LogP contribution in [0, 0.1) is 5.92 Å². The minimum absolute atomic E-state index is 0.568. The summed E-state index contributed by atoms with van der Waals surface area (Å²) < 4.78 is 0. The number of carboxylic acid groups (broad SMARTS) is 1. The highest BCUT2D eigenvalue weighted by atomic mass is 16.4. The molecule has 0 saturated carbocycles. The molecule has 0 spiro atoms. The van der Waals surface area contributed by atoms with E-state index in [-0.39, 0.29) is 0 Å². The predicted octanol–water partition coefficient (Wildman–Crippen LogP) is 1.84. The molecule has 5 heteroatoms. The van der Waals surface area contributed by atoms with Gasteiger partial charge in [0.05, 0.1) is 0 Å². The first-order valence-electron chi connectivity index (χ1n) is 8.05. The van der Waals surface area contributed by atoms with E-state index < -0.39 is 6.09 Å². The summed E-state index contributed by atoms with van der Waals surface area (Å²) in [5.74, 6) is 0.915. The Morgan fingerprint density at radius 1 is 1.25 bits per heavy atom. The smallest absolute Gasteiger partial charge is 0.407 e. The summed E-state index contributed by atoms with van der Waals surface area (Å²) in [7, 11) is 2.20. The van der Waals surface area contributed by atoms with Crippen molar-refractivity contribution in [2.45, 2.75) is 44.6 Å². The molecule has 2 saturated heterocycles. The molecule has 2 N–H and O–H groups in total. The van der Waals surface area contributed by atoms with E-state index in [1.807, 2.05) is 0 Å². The van der Waals surface area contributed by atoms with Gasteiger partial charge in [0.25, 0.3) is 0 Å². The van der Waals surface area contributed by atoms with Crippen LogP contribution in [0.3, 0.4) is 0 Å². The maximum absolute atomic E-state index is 10.9. The van der Waals surface area contributed by atoms with Gasteiger partial charge >= 0.3 is 6.09 Å². The molecule has 2 aliphatic rings. The molecule has 2 rings (SSSR count). The van der Waals surface area contributed by atoms with Crippen LogP contribution in [0.4, 0.5) is 4.79 Å². The third-order valence-corrected chi connectivity index (χ3v) is 4.94. The van der Waals surface area contributed by atoms with Crippen molar-refractivity contribution in [2.24, 2.45) is 5.92 Å². The van der Waals surface area contributed by atoms with Crippen molar-refractivity contribution in [1.29, 1.82) is 0 Å². The maximum atomic E-state index is 10.9. The number of hydrogen-bond acceptors (Lipinski definition) is 3. The zero-order chi connectivity index (χ0) is 14.4. The molecule has 0 radical (unpaired) electrons. The fourth-order valence-electron chi connectivity index (χ4n) is 3.48. The lowest BCUT2D eigenvalue weighted by molar-refractivity contribution is 0.104. The Hall–Kier alpha value is -0.810. The molecule has 116 valence electrons. The molecule has 1 amide bonds. The lowest BCUT2D eigenvalue weighted by Gasteiger charge is -2.35. The number of carbonyl (C=O) groups is 1. The van der Waals surface area contributed by atoms with E-state index in [1.165, 1.54) is 38.8 Å². The zero-order valence-electron chi connectivity index (χ0n) is 12.7. The van der Waals surface area contributed by atoms with Gasteiger partial charge < -0.3 is 20.2 Å². The highest BCUT2D eigenvalue weighted by Gasteiger charge is 2.24. The van der Waals surface area contributed by atoms with Gasteiger partial charge in [-0.25, -0.2) is 4.79 Å². The van der Waals surface area contributed by atoms with Crippen LogP contribution in [0.2, 0.25) is 0 Å². The fourth-order valence-corrected chi connectivity index (χ4v) is 3.48. The second-order valence-corrected chi connectivity index (χ2v) is 6.32. The molecule has 0 unspecified atom stereocenters. The number of nitrogens with one attached hydrogen (secondary N) is 1. The largest absolute Gasteiger partial charge is 0.465 e. The topological polar surface area (TPSA) is 55.8 Å². The van der Waals surface area contributed by atoms with E-state index in [4.69, 9.17) is 5.11 Å². The Balaban J connectivity index is 1.60. The van der Waals surface area contributed by atoms with E-state index >= 15 is 0 Å². The first kappa shape index (κ1) is 15.6. The second-order valence-electron chi connectivity index (χ2n) is 6.32. The van der Waals surface area contributed by atoms with Crippen molar-refractivity contribution in [1.82, 2.24) is 15.1 Å². The van der Waals surface area contributed by atoms with E-state index in [2.05, 4.69) is 17.3 Å². The molecular weight excluding hydrogens is 254 g/mol. The van der Waals surface area contributed by atoms with Gasteiger partial charge in [0, 0.05) is 19.1 Å². The molecule has 2 aliphatic heterocycles. The van der Waals surface area contributed by atoms with Gasteiger partial charge in [0.2, 0.25) is 0 Å². The molecular formula is C15H29N3O2. The third-order valence-electron chi connectivity index (χ3n) is 4.94. The number of nitrogens with zero attached hydrogens (tertiary/aromatic N) is 2. The number of hydrogen-bond donors (Lipinski definition) is 2. The Morgan fingerprint density at radius 3 is 2.50 bits per heavy atom. The van der Waals surface area contributed by atoms with Crippen molar-refractivity contribution in [3.63, 3.8) is 0 Å². The van der Waals surface area contributed by atoms with Crippen LogP contribution < -0.4 is 5.32 Å². The summed E-state index contributed by atoms with van der Waals surface area (Å²) in [5.41, 5.74) is 0. The molecule has 2 fully saturated rings. The van der Waals surface area contributed by atoms with Gasteiger partial charge in [-0.1, -0.05) is 0 Å². The van der Waals surface area contributed by atoms with Crippen molar-refractivity contribution in [3.05, 3.63) is 0 Å². The van der Waals surface area contributed by atoms with Crippen molar-refractivity contribution in [3.8, 4) is 0 Å². The number of piperidine rings is 2. The molecule has 20 heavy (non-hydrogen) atoms. The SMILES string of the molecule is CN(CCCC1CCNCC1)C1CCN(C(=O)O)CC1. The number of rotatable bonds is 5. The summed E-state index contributed by atoms with van der Waals surface area (Å²) in [6, 6.07) is 0.568. The van der Waals surface area contributed by atoms with Gasteiger partial charge in [-0.2, -0.15) is 0 Å². The standard InChI is InChI=1S/C15H29N3O2/c1-17(10-2-3-13-4-8-16-9-5-13)14-6-11-18(12-7-14)15(19)20/h13-14,16H,2-12H2,1H3,(H,19,20). The van der Waals surface area contributed by atoms with E-state index in [0.29, 0.717) is 19.1 Å². The van der Waals surface area contributed by atoms with Gasteiger partial charge in [-0.3, -0.25) is 0 Å². The number of amides is 1. The number of likely N-dealkylation sites (tertiary alicyclic amines) is 1. The highest BCUT2D eigenvalue weighted by Crippen LogP contribution is 2.20. The Kier molecular flexibility index (Phi) is 6.10. The van der Waals surface area contributed by atoms with Crippen molar-refractivity contribution in [2.75, 3.05) is 39.8 Å². The second kappa shape index (κ2) is 7.84. The summed E-state index contributed by atoms with van der Waals surface area (Å²) in [4.78, 5) is 14.9. The van der Waals surface area contributed by atoms with E-state index in [9.17, 15) is 4.79 Å². The Bertz CT molecular complexity index is 297. The first-order chi connectivity index (χ1) is 9.66. The normalized spacial score (nSPS) is 22.4. The quantitative estimate of drug-likeness (QED) is 0.808. The average molecular weight is 283 g/mol. The summed E-state index contributed by atoms with van der Waals surface area (Å²) in [5, 5.41) is 12.4. The minimum Gasteiger partial charge on any atom is -0.465 e. The average Bonchev–Trinajstić information content (AvgIpc) is 2.48. The van der Waals surface area contributed by atoms with Crippen LogP contribution in [0.1, 0.15) is 38.5 Å². The molecule has 0 atom stereocenters. The van der Waals surface area contributed by atoms with Crippen LogP contribution in [0.15, 0.2) is 0 Å². The lowest BCUT2D eigenvalue weighted by atomic mass is 9.93. The van der Waals surface area contributed by atoms with Gasteiger partial charge in [0.1, 0.15) is 0 Å². The summed E-state index contributed by atoms with van der Waals surface area (Å²) in [6.07, 6.45) is 6.49. The van der Waals surface area contributed by atoms with Gasteiger partial charge in [0.15, 0.2) is 0 Å². The zero-order valence-corrected chi connectivity index (χ0v) is 12.7. The highest BCUT2D eigenvalue weighted by molar-refractivity contribution is 5.65. The molecule has 0 aromatic heterocycles. The summed E-state index contributed by atoms with van der Waals surface area (Å²) >= 11 is 0. The summed E-state index contributed by atoms with van der Waals surface area (Å²) in [6.45, 7) is 4.92. The van der Waals surface area contributed by atoms with Crippen LogP contribution in [-0.4, -0.2) is 66.8 Å². The van der Waals surface area contributed by atoms with Crippen LogP contribution in [0.5, 0.6) is 0 Å². The minimum atomic E-state index is -0.767. The molecule has 0 bridgehead atoms. The lowest BCUT2D eigenvalue weighted by Crippen LogP contribution is -2.45. The van der Waals surface area contributed by atoms with E-state index in [0.717, 1.165) is 25.3 Å². The van der Waals surface area contributed by atoms with Gasteiger partial charge in [-0.15, -0.1) is 0 Å². The molecule has 2 heterocycles. The maximum Gasteiger partial charge on any atom is 0.407 e. The van der Waals surface area contributed by atoms with Crippen LogP contribution in [-0.2, 0) is 0 Å². The fraction of sp³-hybridized carbons (Fsp3) is 0.933. The van der Waals surface area contributed by atoms with E-state index in [1.54, 1.807) is 4.90 Å². The Labute approximate surface area is 122 Å². The first-order valence-corrected chi connectivity index (χ1v) is 8.05. The predicted molar refractivity (Wildman–Crippen MR) is 80.1 cm³/mol. The monoisotopic (exact) mass is 283 g/mol. The van der Waals surface area contributed by atoms with Crippen LogP contribution in [0.25, 0.3) is 0 Å². The Morgan fingerprint density at radius 2 is 1.90 bits per heavy atom. The molecule has 0 aliphatic carbocycles. The molecule has 0 aromatic carbocycles. The van der Waals surface area contributed by atoms with Crippen molar-refractivity contribution < 1.29 is 9.90 Å². The molecule has 0 aromatic rings. The molecule has 5 nitrogen and oxygen atoms in total.